The van der Waals surface area contributed by atoms with Gasteiger partial charge >= 0.3 is 12.6 Å². The van der Waals surface area contributed by atoms with Crippen LogP contribution < -0.4 is 4.74 Å². The predicted octanol–water partition coefficient (Wildman–Crippen LogP) is 2.13. The summed E-state index contributed by atoms with van der Waals surface area (Å²) in [4.78, 5) is 10.4. The van der Waals surface area contributed by atoms with Gasteiger partial charge in [0.25, 0.3) is 0 Å². The van der Waals surface area contributed by atoms with Crippen molar-refractivity contribution in [1.29, 1.82) is 0 Å². The summed E-state index contributed by atoms with van der Waals surface area (Å²) in [6.45, 7) is -3.19. The zero-order valence-electron chi connectivity index (χ0n) is 6.71. The van der Waals surface area contributed by atoms with Crippen molar-refractivity contribution in [3.05, 3.63) is 29.6 Å². The molecule has 0 fully saturated rings. The Hall–Kier alpha value is -1.72. The third kappa shape index (κ3) is 2.38. The average Bonchev–Trinajstić information content (AvgIpc) is 2.07. The summed E-state index contributed by atoms with van der Waals surface area (Å²) in [6.07, 6.45) is 0. The van der Waals surface area contributed by atoms with Gasteiger partial charge in [-0.1, -0.05) is 0 Å². The Kier molecular flexibility index (Phi) is 2.95. The van der Waals surface area contributed by atoms with Gasteiger partial charge in [-0.2, -0.15) is 8.78 Å². The van der Waals surface area contributed by atoms with Crippen molar-refractivity contribution >= 4 is 5.97 Å². The fourth-order valence-electron chi connectivity index (χ4n) is 0.823. The van der Waals surface area contributed by atoms with E-state index in [0.717, 1.165) is 12.1 Å². The van der Waals surface area contributed by atoms with Crippen LogP contribution in [-0.4, -0.2) is 17.7 Å². The molecular weight excluding hydrogens is 201 g/mol. The highest BCUT2D eigenvalue weighted by Crippen LogP contribution is 2.20. The molecule has 0 saturated heterocycles. The lowest BCUT2D eigenvalue weighted by Crippen LogP contribution is -2.05. The third-order valence-corrected chi connectivity index (χ3v) is 1.39. The van der Waals surface area contributed by atoms with E-state index in [0.29, 0.717) is 6.07 Å². The Bertz CT molecular complexity index is 352. The summed E-state index contributed by atoms with van der Waals surface area (Å²) in [5.74, 6) is -3.15. The van der Waals surface area contributed by atoms with Crippen LogP contribution in [0.2, 0.25) is 0 Å². The van der Waals surface area contributed by atoms with E-state index >= 15 is 0 Å². The predicted molar refractivity (Wildman–Crippen MR) is 40.0 cm³/mol. The van der Waals surface area contributed by atoms with Crippen molar-refractivity contribution in [3.8, 4) is 5.75 Å². The van der Waals surface area contributed by atoms with Crippen molar-refractivity contribution in [1.82, 2.24) is 0 Å². The summed E-state index contributed by atoms with van der Waals surface area (Å²) in [5.41, 5.74) is -0.318. The maximum atomic E-state index is 12.7. The van der Waals surface area contributed by atoms with Gasteiger partial charge in [0.1, 0.15) is 0 Å². The Morgan fingerprint density at radius 3 is 2.57 bits per heavy atom. The number of carbonyl (C=O) groups is 1. The van der Waals surface area contributed by atoms with E-state index < -0.39 is 24.1 Å². The molecule has 0 amide bonds. The number of rotatable bonds is 3. The summed E-state index contributed by atoms with van der Waals surface area (Å²) in [7, 11) is 0. The van der Waals surface area contributed by atoms with Crippen LogP contribution in [-0.2, 0) is 0 Å². The number of carboxylic acid groups (broad SMARTS) is 1. The molecule has 1 rings (SSSR count). The van der Waals surface area contributed by atoms with E-state index in [4.69, 9.17) is 5.11 Å². The Labute approximate surface area is 76.7 Å². The van der Waals surface area contributed by atoms with Gasteiger partial charge in [0.2, 0.25) is 0 Å². The fourth-order valence-corrected chi connectivity index (χ4v) is 0.823. The summed E-state index contributed by atoms with van der Waals surface area (Å²) in [6, 6.07) is 2.40. The van der Waals surface area contributed by atoms with Crippen molar-refractivity contribution in [2.75, 3.05) is 0 Å². The van der Waals surface area contributed by atoms with Gasteiger partial charge in [-0.05, 0) is 18.2 Å². The first-order valence-electron chi connectivity index (χ1n) is 3.48. The monoisotopic (exact) mass is 206 g/mol. The molecule has 14 heavy (non-hydrogen) atoms. The van der Waals surface area contributed by atoms with Crippen LogP contribution >= 0.6 is 0 Å². The molecule has 3 nitrogen and oxygen atoms in total. The second-order valence-corrected chi connectivity index (χ2v) is 2.33. The number of ether oxygens (including phenoxy) is 1. The van der Waals surface area contributed by atoms with Crippen molar-refractivity contribution in [2.45, 2.75) is 6.61 Å². The minimum atomic E-state index is -3.19. The standard InChI is InChI=1S/C8H5F3O3/c9-5-2-1-4(7(12)13)3-6(5)14-8(10)11/h1-3,8H,(H,12,13). The molecule has 1 aromatic carbocycles. The second kappa shape index (κ2) is 3.99. The van der Waals surface area contributed by atoms with Crippen LogP contribution in [0.4, 0.5) is 13.2 Å². The zero-order chi connectivity index (χ0) is 10.7. The summed E-state index contributed by atoms with van der Waals surface area (Å²) < 4.78 is 39.9. The number of alkyl halides is 2. The molecule has 0 aromatic heterocycles. The highest BCUT2D eigenvalue weighted by atomic mass is 19.3. The SMILES string of the molecule is O=C(O)c1ccc(F)c(OC(F)F)c1. The molecule has 76 valence electrons. The number of halogens is 3. The van der Waals surface area contributed by atoms with Crippen molar-refractivity contribution in [3.63, 3.8) is 0 Å². The zero-order valence-corrected chi connectivity index (χ0v) is 6.71. The molecule has 0 radical (unpaired) electrons. The summed E-state index contributed by atoms with van der Waals surface area (Å²) >= 11 is 0. The quantitative estimate of drug-likeness (QED) is 0.823. The van der Waals surface area contributed by atoms with E-state index in [-0.39, 0.29) is 5.56 Å². The molecule has 6 heteroatoms. The Balaban J connectivity index is 3.02. The molecule has 0 aliphatic rings. The second-order valence-electron chi connectivity index (χ2n) is 2.33. The van der Waals surface area contributed by atoms with E-state index in [1.165, 1.54) is 0 Å². The van der Waals surface area contributed by atoms with Crippen LogP contribution in [0.1, 0.15) is 10.4 Å². The number of aromatic carboxylic acids is 1. The van der Waals surface area contributed by atoms with Gasteiger partial charge < -0.3 is 9.84 Å². The topological polar surface area (TPSA) is 46.5 Å². The number of benzene rings is 1. The molecule has 0 aliphatic carbocycles. The third-order valence-electron chi connectivity index (χ3n) is 1.39. The van der Waals surface area contributed by atoms with Gasteiger partial charge in [-0.25, -0.2) is 9.18 Å². The lowest BCUT2D eigenvalue weighted by Gasteiger charge is -2.05. The minimum absolute atomic E-state index is 0.318. The molecule has 1 aromatic rings. The molecule has 1 N–H and O–H groups in total. The maximum absolute atomic E-state index is 12.7. The van der Waals surface area contributed by atoms with Gasteiger partial charge in [0, 0.05) is 0 Å². The number of hydrogen-bond donors (Lipinski definition) is 1. The maximum Gasteiger partial charge on any atom is 0.387 e. The highest BCUT2D eigenvalue weighted by Gasteiger charge is 2.12. The van der Waals surface area contributed by atoms with Gasteiger partial charge in [-0.15, -0.1) is 0 Å². The Morgan fingerprint density at radius 2 is 2.07 bits per heavy atom. The molecule has 0 heterocycles. The van der Waals surface area contributed by atoms with E-state index in [9.17, 15) is 18.0 Å². The van der Waals surface area contributed by atoms with E-state index in [1.807, 2.05) is 0 Å². The Morgan fingerprint density at radius 1 is 1.43 bits per heavy atom. The van der Waals surface area contributed by atoms with Gasteiger partial charge in [0.15, 0.2) is 11.6 Å². The molecule has 0 bridgehead atoms. The lowest BCUT2D eigenvalue weighted by molar-refractivity contribution is -0.0522. The first kappa shape index (κ1) is 10.4. The van der Waals surface area contributed by atoms with Crippen LogP contribution in [0.5, 0.6) is 5.75 Å². The first-order chi connectivity index (χ1) is 6.50. The molecular formula is C8H5F3O3. The molecule has 0 spiro atoms. The summed E-state index contributed by atoms with van der Waals surface area (Å²) in [5, 5.41) is 8.47. The van der Waals surface area contributed by atoms with Crippen LogP contribution in [0.25, 0.3) is 0 Å². The molecule has 0 atom stereocenters. The molecule has 0 saturated carbocycles. The van der Waals surface area contributed by atoms with E-state index in [1.54, 1.807) is 0 Å². The first-order valence-corrected chi connectivity index (χ1v) is 3.48. The normalized spacial score (nSPS) is 10.3. The van der Waals surface area contributed by atoms with Crippen molar-refractivity contribution in [2.24, 2.45) is 0 Å². The van der Waals surface area contributed by atoms with Gasteiger partial charge in [-0.3, -0.25) is 0 Å². The molecule has 0 unspecified atom stereocenters. The average molecular weight is 206 g/mol. The van der Waals surface area contributed by atoms with Crippen LogP contribution in [0.15, 0.2) is 18.2 Å². The largest absolute Gasteiger partial charge is 0.478 e. The van der Waals surface area contributed by atoms with Crippen LogP contribution in [0, 0.1) is 5.82 Å². The minimum Gasteiger partial charge on any atom is -0.478 e. The highest BCUT2D eigenvalue weighted by molar-refractivity contribution is 5.88. The van der Waals surface area contributed by atoms with Crippen LogP contribution in [0.3, 0.4) is 0 Å². The fraction of sp³-hybridized carbons (Fsp3) is 0.125. The van der Waals surface area contributed by atoms with Gasteiger partial charge in [0.05, 0.1) is 5.56 Å². The smallest absolute Gasteiger partial charge is 0.387 e. The van der Waals surface area contributed by atoms with E-state index in [2.05, 4.69) is 4.74 Å². The lowest BCUT2D eigenvalue weighted by atomic mass is 10.2. The number of hydrogen-bond acceptors (Lipinski definition) is 2. The van der Waals surface area contributed by atoms with Crippen molar-refractivity contribution < 1.29 is 27.8 Å². The molecule has 0 aliphatic heterocycles. The number of carboxylic acids is 1.